The number of carbonyl (C=O) groups is 1. The van der Waals surface area contributed by atoms with Crippen LogP contribution >= 0.6 is 23.2 Å². The second kappa shape index (κ2) is 5.23. The fourth-order valence-corrected chi connectivity index (χ4v) is 2.61. The van der Waals surface area contributed by atoms with Crippen molar-refractivity contribution in [1.29, 1.82) is 0 Å². The first-order valence-corrected chi connectivity index (χ1v) is 6.47. The first-order chi connectivity index (χ1) is 8.08. The Hall–Kier alpha value is -0.800. The molecule has 1 aliphatic rings. The second-order valence-electron chi connectivity index (χ2n) is 4.34. The smallest absolute Gasteiger partial charge is 0.254 e. The zero-order valence-electron chi connectivity index (χ0n) is 9.62. The summed E-state index contributed by atoms with van der Waals surface area (Å²) in [5.41, 5.74) is 0.517. The topological polar surface area (TPSA) is 33.2 Å². The second-order valence-corrected chi connectivity index (χ2v) is 5.12. The number of rotatable bonds is 1. The molecule has 1 fully saturated rings. The van der Waals surface area contributed by atoms with Gasteiger partial charge in [0.15, 0.2) is 0 Å². The van der Waals surface area contributed by atoms with Crippen molar-refractivity contribution in [3.8, 4) is 0 Å². The van der Waals surface area contributed by atoms with Crippen LogP contribution in [-0.2, 0) is 0 Å². The van der Waals surface area contributed by atoms with E-state index in [1.165, 1.54) is 6.42 Å². The lowest BCUT2D eigenvalue weighted by molar-refractivity contribution is 0.0635. The third kappa shape index (κ3) is 2.90. The average molecular weight is 273 g/mol. The summed E-state index contributed by atoms with van der Waals surface area (Å²) in [7, 11) is 0. The largest absolute Gasteiger partial charge is 0.336 e. The molecule has 0 bridgehead atoms. The van der Waals surface area contributed by atoms with Crippen molar-refractivity contribution < 1.29 is 4.79 Å². The number of nitrogens with zero attached hydrogens (tertiary/aromatic N) is 2. The van der Waals surface area contributed by atoms with Crippen molar-refractivity contribution in [2.75, 3.05) is 6.54 Å². The lowest BCUT2D eigenvalue weighted by Crippen LogP contribution is -2.42. The summed E-state index contributed by atoms with van der Waals surface area (Å²) in [5, 5.41) is 0.510. The van der Waals surface area contributed by atoms with Crippen LogP contribution in [0.15, 0.2) is 12.1 Å². The number of aromatic nitrogens is 1. The molecule has 2 rings (SSSR count). The highest BCUT2D eigenvalue weighted by molar-refractivity contribution is 6.33. The number of hydrogen-bond donors (Lipinski definition) is 0. The Morgan fingerprint density at radius 1 is 1.35 bits per heavy atom. The van der Waals surface area contributed by atoms with Crippen molar-refractivity contribution in [3.63, 3.8) is 0 Å². The lowest BCUT2D eigenvalue weighted by Gasteiger charge is -2.33. The molecule has 17 heavy (non-hydrogen) atoms. The Morgan fingerprint density at radius 2 is 2.00 bits per heavy atom. The molecule has 0 aliphatic carbocycles. The van der Waals surface area contributed by atoms with Gasteiger partial charge in [0.1, 0.15) is 10.3 Å². The van der Waals surface area contributed by atoms with Crippen LogP contribution in [0.4, 0.5) is 0 Å². The van der Waals surface area contributed by atoms with Crippen molar-refractivity contribution in [1.82, 2.24) is 9.88 Å². The fraction of sp³-hybridized carbons (Fsp3) is 0.500. The number of amides is 1. The van der Waals surface area contributed by atoms with E-state index in [4.69, 9.17) is 23.2 Å². The van der Waals surface area contributed by atoms with Crippen LogP contribution in [0.2, 0.25) is 10.3 Å². The Kier molecular flexibility index (Phi) is 3.89. The van der Waals surface area contributed by atoms with Gasteiger partial charge < -0.3 is 4.90 Å². The third-order valence-electron chi connectivity index (χ3n) is 3.07. The van der Waals surface area contributed by atoms with Crippen LogP contribution in [0.5, 0.6) is 0 Å². The molecular formula is C12H14Cl2N2O. The molecule has 92 valence electrons. The number of likely N-dealkylation sites (tertiary alicyclic amines) is 1. The van der Waals surface area contributed by atoms with Gasteiger partial charge in [0.25, 0.3) is 5.91 Å². The number of carbonyl (C=O) groups excluding carboxylic acids is 1. The van der Waals surface area contributed by atoms with E-state index in [9.17, 15) is 4.79 Å². The van der Waals surface area contributed by atoms with Crippen LogP contribution in [0.3, 0.4) is 0 Å². The van der Waals surface area contributed by atoms with E-state index in [2.05, 4.69) is 11.9 Å². The monoisotopic (exact) mass is 272 g/mol. The van der Waals surface area contributed by atoms with Crippen molar-refractivity contribution >= 4 is 29.1 Å². The zero-order valence-corrected chi connectivity index (χ0v) is 11.1. The third-order valence-corrected chi connectivity index (χ3v) is 3.46. The van der Waals surface area contributed by atoms with Gasteiger partial charge in [-0.15, -0.1) is 0 Å². The van der Waals surface area contributed by atoms with Gasteiger partial charge in [-0.2, -0.15) is 0 Å². The van der Waals surface area contributed by atoms with Crippen LogP contribution in [-0.4, -0.2) is 28.4 Å². The van der Waals surface area contributed by atoms with Gasteiger partial charge >= 0.3 is 0 Å². The molecule has 5 heteroatoms. The summed E-state index contributed by atoms with van der Waals surface area (Å²) in [6.07, 6.45) is 3.30. The minimum absolute atomic E-state index is 0.0107. The van der Waals surface area contributed by atoms with Crippen molar-refractivity contribution in [2.24, 2.45) is 0 Å². The molecule has 0 saturated carbocycles. The minimum Gasteiger partial charge on any atom is -0.336 e. The van der Waals surface area contributed by atoms with Crippen LogP contribution < -0.4 is 0 Å². The van der Waals surface area contributed by atoms with Gasteiger partial charge in [-0.1, -0.05) is 23.2 Å². The maximum atomic E-state index is 12.3. The standard InChI is InChI=1S/C12H14Cl2N2O/c1-8-4-2-3-5-16(8)12(17)9-6-10(13)15-11(14)7-9/h6-8H,2-5H2,1H3. The van der Waals surface area contributed by atoms with E-state index in [1.807, 2.05) is 4.90 Å². The highest BCUT2D eigenvalue weighted by Crippen LogP contribution is 2.21. The molecule has 0 radical (unpaired) electrons. The van der Waals surface area contributed by atoms with Gasteiger partial charge in [0.2, 0.25) is 0 Å². The molecule has 1 unspecified atom stereocenters. The quantitative estimate of drug-likeness (QED) is 0.735. The first kappa shape index (κ1) is 12.7. The summed E-state index contributed by atoms with van der Waals surface area (Å²) in [4.78, 5) is 18.0. The maximum Gasteiger partial charge on any atom is 0.254 e. The van der Waals surface area contributed by atoms with E-state index in [1.54, 1.807) is 12.1 Å². The van der Waals surface area contributed by atoms with Crippen molar-refractivity contribution in [2.45, 2.75) is 32.2 Å². The van der Waals surface area contributed by atoms with E-state index in [-0.39, 0.29) is 22.3 Å². The zero-order chi connectivity index (χ0) is 12.4. The van der Waals surface area contributed by atoms with Gasteiger partial charge in [-0.05, 0) is 38.3 Å². The van der Waals surface area contributed by atoms with Gasteiger partial charge in [-0.25, -0.2) is 4.98 Å². The van der Waals surface area contributed by atoms with E-state index < -0.39 is 0 Å². The Labute approximate surface area is 111 Å². The predicted octanol–water partition coefficient (Wildman–Crippen LogP) is 3.40. The summed E-state index contributed by atoms with van der Waals surface area (Å²) < 4.78 is 0. The molecule has 1 aromatic rings. The SMILES string of the molecule is CC1CCCCN1C(=O)c1cc(Cl)nc(Cl)c1. The molecule has 0 N–H and O–H groups in total. The molecule has 1 aromatic heterocycles. The number of halogens is 2. The van der Waals surface area contributed by atoms with E-state index >= 15 is 0 Å². The summed E-state index contributed by atoms with van der Waals surface area (Å²) in [6.45, 7) is 2.87. The Balaban J connectivity index is 2.23. The highest BCUT2D eigenvalue weighted by atomic mass is 35.5. The minimum atomic E-state index is -0.0107. The molecule has 0 spiro atoms. The molecular weight excluding hydrogens is 259 g/mol. The van der Waals surface area contributed by atoms with Gasteiger partial charge in [-0.3, -0.25) is 4.79 Å². The van der Waals surface area contributed by atoms with Crippen molar-refractivity contribution in [3.05, 3.63) is 28.0 Å². The summed E-state index contributed by atoms with van der Waals surface area (Å²) >= 11 is 11.6. The van der Waals surface area contributed by atoms with Crippen LogP contribution in [0.1, 0.15) is 36.5 Å². The first-order valence-electron chi connectivity index (χ1n) is 5.72. The fourth-order valence-electron chi connectivity index (χ4n) is 2.15. The van der Waals surface area contributed by atoms with Gasteiger partial charge in [0.05, 0.1) is 0 Å². The van der Waals surface area contributed by atoms with Crippen LogP contribution in [0, 0.1) is 0 Å². The number of hydrogen-bond acceptors (Lipinski definition) is 2. The molecule has 1 aliphatic heterocycles. The van der Waals surface area contributed by atoms with Crippen LogP contribution in [0.25, 0.3) is 0 Å². The molecule has 3 nitrogen and oxygen atoms in total. The van der Waals surface area contributed by atoms with Gasteiger partial charge in [0, 0.05) is 18.2 Å². The van der Waals surface area contributed by atoms with E-state index in [0.717, 1.165) is 19.4 Å². The maximum absolute atomic E-state index is 12.3. The lowest BCUT2D eigenvalue weighted by atomic mass is 10.0. The Bertz CT molecular complexity index is 416. The summed E-state index contributed by atoms with van der Waals surface area (Å²) in [6, 6.07) is 3.41. The predicted molar refractivity (Wildman–Crippen MR) is 68.6 cm³/mol. The highest BCUT2D eigenvalue weighted by Gasteiger charge is 2.24. The number of piperidine rings is 1. The number of pyridine rings is 1. The normalized spacial score (nSPS) is 20.4. The summed E-state index contributed by atoms with van der Waals surface area (Å²) in [5.74, 6) is -0.0107. The molecule has 2 heterocycles. The molecule has 1 amide bonds. The molecule has 0 aromatic carbocycles. The Morgan fingerprint density at radius 3 is 2.59 bits per heavy atom. The average Bonchev–Trinajstić information content (AvgIpc) is 2.27. The molecule has 1 saturated heterocycles. The molecule has 1 atom stereocenters. The van der Waals surface area contributed by atoms with E-state index in [0.29, 0.717) is 5.56 Å².